The molecule has 1 aromatic carbocycles. The second-order valence-corrected chi connectivity index (χ2v) is 6.34. The van der Waals surface area contributed by atoms with Crippen molar-refractivity contribution in [3.8, 4) is 0 Å². The molecule has 0 aliphatic carbocycles. The summed E-state index contributed by atoms with van der Waals surface area (Å²) in [6.45, 7) is 5.60. The first kappa shape index (κ1) is 19.9. The molecule has 0 aliphatic heterocycles. The minimum atomic E-state index is -0.881. The Kier molecular flexibility index (Phi) is 7.64. The van der Waals surface area contributed by atoms with E-state index in [1.54, 1.807) is 0 Å². The largest absolute Gasteiger partial charge is 0.452 e. The monoisotopic (exact) mass is 356 g/mol. The van der Waals surface area contributed by atoms with Gasteiger partial charge >= 0.3 is 5.97 Å². The third-order valence-corrected chi connectivity index (χ3v) is 3.63. The summed E-state index contributed by atoms with van der Waals surface area (Å²) < 4.78 is 4.87. The summed E-state index contributed by atoms with van der Waals surface area (Å²) in [7, 11) is 0. The number of amides is 1. The summed E-state index contributed by atoms with van der Waals surface area (Å²) in [5.74, 6) is -0.770. The molecule has 1 N–H and O–H groups in total. The Morgan fingerprint density at radius 3 is 2.54 bits per heavy atom. The SMILES string of the molecule is CC(C)CC[C@H](C)NC(=O)COC(=O)c1cc([N+](=O)[O-])ccc1Cl. The summed E-state index contributed by atoms with van der Waals surface area (Å²) in [4.78, 5) is 33.8. The Morgan fingerprint density at radius 2 is 1.96 bits per heavy atom. The van der Waals surface area contributed by atoms with E-state index in [4.69, 9.17) is 16.3 Å². The van der Waals surface area contributed by atoms with Crippen molar-refractivity contribution in [2.45, 2.75) is 39.7 Å². The van der Waals surface area contributed by atoms with Gasteiger partial charge in [0.15, 0.2) is 6.61 Å². The third kappa shape index (κ3) is 6.54. The lowest BCUT2D eigenvalue weighted by atomic mass is 10.0. The molecule has 0 heterocycles. The lowest BCUT2D eigenvalue weighted by Crippen LogP contribution is -2.36. The molecule has 0 saturated heterocycles. The molecule has 1 aromatic rings. The molecule has 0 aliphatic rings. The number of benzene rings is 1. The Balaban J connectivity index is 2.55. The summed E-state index contributed by atoms with van der Waals surface area (Å²) in [5, 5.41) is 13.5. The average molecular weight is 357 g/mol. The molecule has 1 amide bonds. The molecule has 0 spiro atoms. The molecule has 8 heteroatoms. The number of halogens is 1. The van der Waals surface area contributed by atoms with Gasteiger partial charge in [-0.25, -0.2) is 4.79 Å². The van der Waals surface area contributed by atoms with Crippen LogP contribution in [-0.2, 0) is 9.53 Å². The highest BCUT2D eigenvalue weighted by Gasteiger charge is 2.18. The van der Waals surface area contributed by atoms with E-state index >= 15 is 0 Å². The van der Waals surface area contributed by atoms with E-state index < -0.39 is 23.4 Å². The minimum absolute atomic E-state index is 0.0244. The Bertz CT molecular complexity index is 618. The predicted octanol–water partition coefficient (Wildman–Crippen LogP) is 3.35. The molecular weight excluding hydrogens is 336 g/mol. The molecule has 7 nitrogen and oxygen atoms in total. The first-order chi connectivity index (χ1) is 11.2. The molecule has 24 heavy (non-hydrogen) atoms. The fraction of sp³-hybridized carbons (Fsp3) is 0.500. The van der Waals surface area contributed by atoms with Gasteiger partial charge in [0.1, 0.15) is 0 Å². The third-order valence-electron chi connectivity index (χ3n) is 3.30. The average Bonchev–Trinajstić information content (AvgIpc) is 2.50. The normalized spacial score (nSPS) is 11.9. The molecule has 0 unspecified atom stereocenters. The number of ether oxygens (including phenoxy) is 1. The Morgan fingerprint density at radius 1 is 1.29 bits per heavy atom. The summed E-state index contributed by atoms with van der Waals surface area (Å²) in [5.41, 5.74) is -0.426. The van der Waals surface area contributed by atoms with Crippen LogP contribution >= 0.6 is 11.6 Å². The maximum atomic E-state index is 11.9. The van der Waals surface area contributed by atoms with Crippen LogP contribution in [0.2, 0.25) is 5.02 Å². The van der Waals surface area contributed by atoms with Crippen molar-refractivity contribution >= 4 is 29.2 Å². The number of nitro groups is 1. The van der Waals surface area contributed by atoms with E-state index in [0.717, 1.165) is 18.9 Å². The summed E-state index contributed by atoms with van der Waals surface area (Å²) in [6, 6.07) is 3.42. The maximum absolute atomic E-state index is 11.9. The van der Waals surface area contributed by atoms with Gasteiger partial charge in [-0.05, 0) is 31.7 Å². The summed E-state index contributed by atoms with van der Waals surface area (Å²) >= 11 is 5.84. The van der Waals surface area contributed by atoms with Crippen LogP contribution in [0, 0.1) is 16.0 Å². The smallest absolute Gasteiger partial charge is 0.340 e. The predicted molar refractivity (Wildman–Crippen MR) is 90.1 cm³/mol. The lowest BCUT2D eigenvalue weighted by molar-refractivity contribution is -0.384. The van der Waals surface area contributed by atoms with Crippen LogP contribution in [0.15, 0.2) is 18.2 Å². The van der Waals surface area contributed by atoms with Crippen LogP contribution in [0.3, 0.4) is 0 Å². The number of nitrogens with one attached hydrogen (secondary N) is 1. The van der Waals surface area contributed by atoms with Crippen molar-refractivity contribution in [2.24, 2.45) is 5.92 Å². The zero-order valence-electron chi connectivity index (χ0n) is 13.9. The maximum Gasteiger partial charge on any atom is 0.340 e. The molecule has 0 fully saturated rings. The topological polar surface area (TPSA) is 98.5 Å². The van der Waals surface area contributed by atoms with E-state index in [1.165, 1.54) is 12.1 Å². The number of rotatable bonds is 8. The van der Waals surface area contributed by atoms with Gasteiger partial charge in [0.05, 0.1) is 15.5 Å². The minimum Gasteiger partial charge on any atom is -0.452 e. The van der Waals surface area contributed by atoms with Crippen LogP contribution in [-0.4, -0.2) is 29.4 Å². The molecular formula is C16H21ClN2O5. The highest BCUT2D eigenvalue weighted by Crippen LogP contribution is 2.22. The second-order valence-electron chi connectivity index (χ2n) is 5.94. The van der Waals surface area contributed by atoms with Crippen molar-refractivity contribution in [1.82, 2.24) is 5.32 Å². The van der Waals surface area contributed by atoms with Crippen molar-refractivity contribution in [2.75, 3.05) is 6.61 Å². The lowest BCUT2D eigenvalue weighted by Gasteiger charge is -2.15. The summed E-state index contributed by atoms with van der Waals surface area (Å²) in [6.07, 6.45) is 1.80. The molecule has 0 saturated carbocycles. The number of hydrogen-bond donors (Lipinski definition) is 1. The van der Waals surface area contributed by atoms with Gasteiger partial charge in [0.25, 0.3) is 11.6 Å². The standard InChI is InChI=1S/C16H21ClN2O5/c1-10(2)4-5-11(3)18-15(20)9-24-16(21)13-8-12(19(22)23)6-7-14(13)17/h6-8,10-11H,4-5,9H2,1-3H3,(H,18,20)/t11-/m0/s1. The second kappa shape index (κ2) is 9.22. The number of carbonyl (C=O) groups excluding carboxylic acids is 2. The van der Waals surface area contributed by atoms with Gasteiger partial charge in [-0.15, -0.1) is 0 Å². The van der Waals surface area contributed by atoms with Gasteiger partial charge in [0, 0.05) is 18.2 Å². The van der Waals surface area contributed by atoms with Crippen LogP contribution in [0.4, 0.5) is 5.69 Å². The van der Waals surface area contributed by atoms with Crippen LogP contribution in [0.25, 0.3) is 0 Å². The van der Waals surface area contributed by atoms with Crippen LogP contribution in [0.5, 0.6) is 0 Å². The highest BCUT2D eigenvalue weighted by atomic mass is 35.5. The van der Waals surface area contributed by atoms with Gasteiger partial charge < -0.3 is 10.1 Å². The van der Waals surface area contributed by atoms with E-state index in [0.29, 0.717) is 5.92 Å². The fourth-order valence-corrected chi connectivity index (χ4v) is 2.16. The molecule has 1 rings (SSSR count). The number of non-ortho nitro benzene ring substituents is 1. The first-order valence-electron chi connectivity index (χ1n) is 7.61. The fourth-order valence-electron chi connectivity index (χ4n) is 1.96. The van der Waals surface area contributed by atoms with E-state index in [2.05, 4.69) is 19.2 Å². The molecule has 0 bridgehead atoms. The number of hydrogen-bond acceptors (Lipinski definition) is 5. The molecule has 132 valence electrons. The van der Waals surface area contributed by atoms with Crippen LogP contribution < -0.4 is 5.32 Å². The van der Waals surface area contributed by atoms with Crippen molar-refractivity contribution in [3.05, 3.63) is 38.9 Å². The number of nitrogens with zero attached hydrogens (tertiary/aromatic N) is 1. The number of nitro benzene ring substituents is 1. The van der Waals surface area contributed by atoms with E-state index in [-0.39, 0.29) is 22.3 Å². The number of carbonyl (C=O) groups is 2. The van der Waals surface area contributed by atoms with Gasteiger partial charge in [0.2, 0.25) is 0 Å². The molecule has 0 radical (unpaired) electrons. The quantitative estimate of drug-likeness (QED) is 0.437. The van der Waals surface area contributed by atoms with Gasteiger partial charge in [-0.1, -0.05) is 25.4 Å². The van der Waals surface area contributed by atoms with Gasteiger partial charge in [-0.2, -0.15) is 0 Å². The zero-order chi connectivity index (χ0) is 18.3. The van der Waals surface area contributed by atoms with Crippen molar-refractivity contribution in [3.63, 3.8) is 0 Å². The van der Waals surface area contributed by atoms with Crippen molar-refractivity contribution < 1.29 is 19.2 Å². The van der Waals surface area contributed by atoms with Crippen LogP contribution in [0.1, 0.15) is 44.0 Å². The molecule has 0 aromatic heterocycles. The first-order valence-corrected chi connectivity index (χ1v) is 7.99. The van der Waals surface area contributed by atoms with E-state index in [9.17, 15) is 19.7 Å². The Labute approximate surface area is 145 Å². The van der Waals surface area contributed by atoms with E-state index in [1.807, 2.05) is 6.92 Å². The highest BCUT2D eigenvalue weighted by molar-refractivity contribution is 6.33. The molecule has 1 atom stereocenters. The zero-order valence-corrected chi connectivity index (χ0v) is 14.6. The van der Waals surface area contributed by atoms with Crippen molar-refractivity contribution in [1.29, 1.82) is 0 Å². The number of esters is 1. The Hall–Kier alpha value is -2.15. The van der Waals surface area contributed by atoms with Gasteiger partial charge in [-0.3, -0.25) is 14.9 Å².